The molecule has 0 atom stereocenters. The van der Waals surface area contributed by atoms with Gasteiger partial charge in [-0.05, 0) is 44.9 Å². The van der Waals surface area contributed by atoms with Crippen LogP contribution in [0.3, 0.4) is 0 Å². The second-order valence-corrected chi connectivity index (χ2v) is 5.72. The van der Waals surface area contributed by atoms with Gasteiger partial charge in [-0.2, -0.15) is 0 Å². The molecule has 1 aromatic heterocycles. The van der Waals surface area contributed by atoms with E-state index in [2.05, 4.69) is 28.0 Å². The molecule has 1 N–H and O–H groups in total. The van der Waals surface area contributed by atoms with E-state index in [0.717, 1.165) is 38.0 Å². The first-order chi connectivity index (χ1) is 9.85. The number of hydrogen-bond donors (Lipinski definition) is 1. The number of ether oxygens (including phenoxy) is 1. The number of aromatic nitrogens is 2. The summed E-state index contributed by atoms with van der Waals surface area (Å²) in [5, 5.41) is 3.45. The summed E-state index contributed by atoms with van der Waals surface area (Å²) in [5.74, 6) is 1.97. The molecule has 1 heterocycles. The molecule has 0 bridgehead atoms. The van der Waals surface area contributed by atoms with E-state index in [0.29, 0.717) is 6.04 Å². The standard InChI is InChI=1S/C16H29N3O/c1-3-14-6-8-15(9-7-14)19-12-11-18-16(19)17-10-5-13-20-4-2/h11-12,14-15H,3-10,13H2,1-2H3,(H,17,18). The van der Waals surface area contributed by atoms with Gasteiger partial charge in [0.05, 0.1) is 0 Å². The van der Waals surface area contributed by atoms with Crippen molar-refractivity contribution in [2.75, 3.05) is 25.1 Å². The molecular weight excluding hydrogens is 250 g/mol. The summed E-state index contributed by atoms with van der Waals surface area (Å²) in [7, 11) is 0. The Bertz CT molecular complexity index is 370. The number of hydrogen-bond acceptors (Lipinski definition) is 3. The van der Waals surface area contributed by atoms with Crippen molar-refractivity contribution in [2.24, 2.45) is 5.92 Å². The highest BCUT2D eigenvalue weighted by Crippen LogP contribution is 2.34. The van der Waals surface area contributed by atoms with Crippen LogP contribution in [0.5, 0.6) is 0 Å². The second kappa shape index (κ2) is 8.30. The van der Waals surface area contributed by atoms with E-state index in [1.807, 2.05) is 13.1 Å². The van der Waals surface area contributed by atoms with Crippen molar-refractivity contribution in [2.45, 2.75) is 58.4 Å². The van der Waals surface area contributed by atoms with E-state index < -0.39 is 0 Å². The van der Waals surface area contributed by atoms with Crippen LogP contribution < -0.4 is 5.32 Å². The summed E-state index contributed by atoms with van der Waals surface area (Å²) in [6.07, 6.45) is 11.7. The summed E-state index contributed by atoms with van der Waals surface area (Å²) < 4.78 is 7.70. The first kappa shape index (κ1) is 15.4. The fraction of sp³-hybridized carbons (Fsp3) is 0.812. The fourth-order valence-electron chi connectivity index (χ4n) is 3.09. The molecule has 0 saturated heterocycles. The molecule has 1 aromatic rings. The molecule has 0 amide bonds. The van der Waals surface area contributed by atoms with Crippen molar-refractivity contribution in [3.05, 3.63) is 12.4 Å². The summed E-state index contributed by atoms with van der Waals surface area (Å²) in [4.78, 5) is 4.46. The van der Waals surface area contributed by atoms with Crippen LogP contribution >= 0.6 is 0 Å². The monoisotopic (exact) mass is 279 g/mol. The molecule has 20 heavy (non-hydrogen) atoms. The highest BCUT2D eigenvalue weighted by Gasteiger charge is 2.22. The van der Waals surface area contributed by atoms with E-state index in [1.165, 1.54) is 32.1 Å². The molecule has 1 saturated carbocycles. The fourth-order valence-corrected chi connectivity index (χ4v) is 3.09. The zero-order valence-electron chi connectivity index (χ0n) is 13.0. The maximum atomic E-state index is 5.36. The third-order valence-electron chi connectivity index (χ3n) is 4.41. The SMILES string of the molecule is CCOCCCNc1nccn1C1CCC(CC)CC1. The number of imidazole rings is 1. The van der Waals surface area contributed by atoms with Crippen LogP contribution in [0.2, 0.25) is 0 Å². The lowest BCUT2D eigenvalue weighted by Crippen LogP contribution is -2.19. The maximum absolute atomic E-state index is 5.36. The van der Waals surface area contributed by atoms with Crippen molar-refractivity contribution in [1.82, 2.24) is 9.55 Å². The Balaban J connectivity index is 1.79. The van der Waals surface area contributed by atoms with E-state index in [-0.39, 0.29) is 0 Å². The lowest BCUT2D eigenvalue weighted by molar-refractivity contribution is 0.147. The maximum Gasteiger partial charge on any atom is 0.203 e. The molecule has 0 aromatic carbocycles. The van der Waals surface area contributed by atoms with Crippen LogP contribution in [0.1, 0.15) is 58.4 Å². The molecule has 1 fully saturated rings. The minimum atomic E-state index is 0.634. The molecule has 0 unspecified atom stereocenters. The summed E-state index contributed by atoms with van der Waals surface area (Å²) in [6, 6.07) is 0.634. The van der Waals surface area contributed by atoms with E-state index >= 15 is 0 Å². The number of anilines is 1. The Morgan fingerprint density at radius 3 is 2.80 bits per heavy atom. The predicted molar refractivity (Wildman–Crippen MR) is 83.1 cm³/mol. The van der Waals surface area contributed by atoms with Gasteiger partial charge in [-0.15, -0.1) is 0 Å². The third kappa shape index (κ3) is 4.23. The van der Waals surface area contributed by atoms with Gasteiger partial charge in [0.15, 0.2) is 0 Å². The topological polar surface area (TPSA) is 39.1 Å². The number of nitrogens with zero attached hydrogens (tertiary/aromatic N) is 2. The van der Waals surface area contributed by atoms with E-state index in [1.54, 1.807) is 0 Å². The molecular formula is C16H29N3O. The highest BCUT2D eigenvalue weighted by molar-refractivity contribution is 5.26. The van der Waals surface area contributed by atoms with Gasteiger partial charge < -0.3 is 14.6 Å². The zero-order chi connectivity index (χ0) is 14.2. The number of nitrogens with one attached hydrogen (secondary N) is 1. The van der Waals surface area contributed by atoms with Crippen molar-refractivity contribution in [1.29, 1.82) is 0 Å². The van der Waals surface area contributed by atoms with Crippen LogP contribution in [0, 0.1) is 5.92 Å². The quantitative estimate of drug-likeness (QED) is 0.734. The van der Waals surface area contributed by atoms with Crippen LogP contribution in [-0.2, 0) is 4.74 Å². The molecule has 1 aliphatic rings. The van der Waals surface area contributed by atoms with Gasteiger partial charge >= 0.3 is 0 Å². The average Bonchev–Trinajstić information content (AvgIpc) is 2.95. The Labute approximate surface area is 122 Å². The van der Waals surface area contributed by atoms with Crippen molar-refractivity contribution in [3.8, 4) is 0 Å². The van der Waals surface area contributed by atoms with Gasteiger partial charge in [-0.1, -0.05) is 13.3 Å². The van der Waals surface area contributed by atoms with Crippen molar-refractivity contribution >= 4 is 5.95 Å². The Morgan fingerprint density at radius 1 is 1.30 bits per heavy atom. The predicted octanol–water partition coefficient (Wildman–Crippen LogP) is 3.86. The van der Waals surface area contributed by atoms with E-state index in [4.69, 9.17) is 4.74 Å². The smallest absolute Gasteiger partial charge is 0.203 e. The van der Waals surface area contributed by atoms with Crippen LogP contribution in [0.4, 0.5) is 5.95 Å². The Morgan fingerprint density at radius 2 is 2.10 bits per heavy atom. The third-order valence-corrected chi connectivity index (χ3v) is 4.41. The summed E-state index contributed by atoms with van der Waals surface area (Å²) >= 11 is 0. The van der Waals surface area contributed by atoms with Gasteiger partial charge in [-0.25, -0.2) is 4.98 Å². The molecule has 0 spiro atoms. The highest BCUT2D eigenvalue weighted by atomic mass is 16.5. The minimum absolute atomic E-state index is 0.634. The molecule has 4 nitrogen and oxygen atoms in total. The zero-order valence-corrected chi connectivity index (χ0v) is 13.0. The van der Waals surface area contributed by atoms with Gasteiger partial charge in [0.25, 0.3) is 0 Å². The Kier molecular flexibility index (Phi) is 6.37. The lowest BCUT2D eigenvalue weighted by atomic mass is 9.84. The molecule has 2 rings (SSSR count). The normalized spacial score (nSPS) is 22.9. The molecule has 114 valence electrons. The average molecular weight is 279 g/mol. The summed E-state index contributed by atoms with van der Waals surface area (Å²) in [6.45, 7) is 6.91. The second-order valence-electron chi connectivity index (χ2n) is 5.72. The largest absolute Gasteiger partial charge is 0.382 e. The van der Waals surface area contributed by atoms with Gasteiger partial charge in [0.2, 0.25) is 5.95 Å². The van der Waals surface area contributed by atoms with Crippen LogP contribution in [0.15, 0.2) is 12.4 Å². The Hall–Kier alpha value is -1.03. The minimum Gasteiger partial charge on any atom is -0.382 e. The first-order valence-corrected chi connectivity index (χ1v) is 8.19. The molecule has 1 aliphatic carbocycles. The molecule has 0 aliphatic heterocycles. The van der Waals surface area contributed by atoms with Crippen molar-refractivity contribution in [3.63, 3.8) is 0 Å². The van der Waals surface area contributed by atoms with Crippen LogP contribution in [-0.4, -0.2) is 29.3 Å². The first-order valence-electron chi connectivity index (χ1n) is 8.19. The van der Waals surface area contributed by atoms with E-state index in [9.17, 15) is 0 Å². The van der Waals surface area contributed by atoms with Gasteiger partial charge in [0, 0.05) is 38.2 Å². The number of rotatable bonds is 8. The van der Waals surface area contributed by atoms with Crippen LogP contribution in [0.25, 0.3) is 0 Å². The summed E-state index contributed by atoms with van der Waals surface area (Å²) in [5.41, 5.74) is 0. The molecule has 4 heteroatoms. The lowest BCUT2D eigenvalue weighted by Gasteiger charge is -2.29. The van der Waals surface area contributed by atoms with Crippen molar-refractivity contribution < 1.29 is 4.74 Å². The van der Waals surface area contributed by atoms with Gasteiger partial charge in [-0.3, -0.25) is 0 Å². The van der Waals surface area contributed by atoms with Gasteiger partial charge in [0.1, 0.15) is 0 Å². The molecule has 0 radical (unpaired) electrons.